The van der Waals surface area contributed by atoms with Crippen LogP contribution in [0, 0.1) is 0 Å². The second-order valence-electron chi connectivity index (χ2n) is 7.19. The average molecular weight is 405 g/mol. The molecule has 0 spiro atoms. The van der Waals surface area contributed by atoms with Crippen molar-refractivity contribution in [1.82, 2.24) is 24.6 Å². The predicted octanol–water partition coefficient (Wildman–Crippen LogP) is 3.06. The number of carbonyl (C=O) groups excluding carboxylic acids is 2. The van der Waals surface area contributed by atoms with Crippen molar-refractivity contribution >= 4 is 11.8 Å². The Labute approximate surface area is 174 Å². The molecule has 0 N–H and O–H groups in total. The maximum absolute atomic E-state index is 12.6. The number of ether oxygens (including phenoxy) is 1. The van der Waals surface area contributed by atoms with Crippen LogP contribution in [0.3, 0.4) is 0 Å². The highest BCUT2D eigenvalue weighted by molar-refractivity contribution is 5.92. The number of carbonyl (C=O) groups is 2. The number of benzene rings is 1. The summed E-state index contributed by atoms with van der Waals surface area (Å²) in [6.07, 6.45) is 4.93. The van der Waals surface area contributed by atoms with Crippen LogP contribution in [-0.4, -0.2) is 62.6 Å². The third-order valence-electron chi connectivity index (χ3n) is 4.96. The van der Waals surface area contributed by atoms with Crippen molar-refractivity contribution in [1.29, 1.82) is 0 Å². The van der Waals surface area contributed by atoms with Crippen molar-refractivity contribution in [2.24, 2.45) is 0 Å². The summed E-state index contributed by atoms with van der Waals surface area (Å²) >= 11 is 0. The van der Waals surface area contributed by atoms with Gasteiger partial charge in [-0.2, -0.15) is 9.78 Å². The van der Waals surface area contributed by atoms with E-state index in [0.717, 1.165) is 30.9 Å². The number of amides is 1. The fraction of sp³-hybridized carbons (Fsp3) is 0.273. The fourth-order valence-corrected chi connectivity index (χ4v) is 3.37. The minimum Gasteiger partial charge on any atom is -0.456 e. The topological polar surface area (TPSA) is 80.6 Å². The average Bonchev–Trinajstić information content (AvgIpc) is 3.26. The first-order chi connectivity index (χ1) is 14.6. The van der Waals surface area contributed by atoms with E-state index in [1.54, 1.807) is 29.6 Å². The number of nitrogens with zero attached hydrogens (tertiary/aromatic N) is 5. The van der Waals surface area contributed by atoms with E-state index in [4.69, 9.17) is 4.74 Å². The molecule has 0 bridgehead atoms. The van der Waals surface area contributed by atoms with Crippen molar-refractivity contribution in [3.63, 3.8) is 0 Å². The van der Waals surface area contributed by atoms with Crippen molar-refractivity contribution in [3.8, 4) is 11.5 Å². The molecule has 0 aliphatic carbocycles. The van der Waals surface area contributed by atoms with Crippen molar-refractivity contribution in [2.75, 3.05) is 26.2 Å². The molecule has 154 valence electrons. The number of piperazine rings is 1. The van der Waals surface area contributed by atoms with Gasteiger partial charge in [0, 0.05) is 52.0 Å². The summed E-state index contributed by atoms with van der Waals surface area (Å²) in [7, 11) is 0. The Morgan fingerprint density at radius 2 is 1.83 bits per heavy atom. The lowest BCUT2D eigenvalue weighted by molar-refractivity contribution is 0.101. The van der Waals surface area contributed by atoms with Crippen molar-refractivity contribution in [2.45, 2.75) is 13.5 Å². The first-order valence-electron chi connectivity index (χ1n) is 9.83. The van der Waals surface area contributed by atoms with E-state index in [9.17, 15) is 9.59 Å². The highest BCUT2D eigenvalue weighted by atomic mass is 16.5. The number of pyridine rings is 1. The molecule has 3 heterocycles. The van der Waals surface area contributed by atoms with Gasteiger partial charge in [0.25, 0.3) is 0 Å². The van der Waals surface area contributed by atoms with Gasteiger partial charge in [-0.15, -0.1) is 0 Å². The van der Waals surface area contributed by atoms with Gasteiger partial charge >= 0.3 is 6.03 Å². The maximum Gasteiger partial charge on any atom is 0.344 e. The lowest BCUT2D eigenvalue weighted by atomic mass is 10.2. The maximum atomic E-state index is 12.6. The van der Waals surface area contributed by atoms with E-state index in [-0.39, 0.29) is 11.8 Å². The number of rotatable bonds is 5. The summed E-state index contributed by atoms with van der Waals surface area (Å²) < 4.78 is 7.10. The van der Waals surface area contributed by atoms with E-state index >= 15 is 0 Å². The van der Waals surface area contributed by atoms with Crippen LogP contribution in [0.5, 0.6) is 11.5 Å². The molecule has 2 aromatic heterocycles. The van der Waals surface area contributed by atoms with Crippen LogP contribution in [0.4, 0.5) is 4.79 Å². The van der Waals surface area contributed by atoms with Crippen LogP contribution in [-0.2, 0) is 6.54 Å². The number of ketones is 1. The summed E-state index contributed by atoms with van der Waals surface area (Å²) in [5.74, 6) is 1.32. The number of Topliss-reactive ketones (excluding diaryl/α,β-unsaturated/α-hetero) is 1. The Balaban J connectivity index is 1.32. The molecule has 8 nitrogen and oxygen atoms in total. The summed E-state index contributed by atoms with van der Waals surface area (Å²) in [4.78, 5) is 32.1. The third-order valence-corrected chi connectivity index (χ3v) is 4.96. The Morgan fingerprint density at radius 1 is 1.03 bits per heavy atom. The largest absolute Gasteiger partial charge is 0.456 e. The van der Waals surface area contributed by atoms with E-state index in [1.807, 2.05) is 30.3 Å². The molecular formula is C22H23N5O3. The highest BCUT2D eigenvalue weighted by Crippen LogP contribution is 2.22. The molecule has 1 saturated heterocycles. The van der Waals surface area contributed by atoms with Gasteiger partial charge in [0.15, 0.2) is 5.78 Å². The Hall–Kier alpha value is -3.52. The summed E-state index contributed by atoms with van der Waals surface area (Å²) in [5.41, 5.74) is 1.45. The summed E-state index contributed by atoms with van der Waals surface area (Å²) in [6, 6.07) is 13.1. The summed E-state index contributed by atoms with van der Waals surface area (Å²) in [5, 5.41) is 4.06. The van der Waals surface area contributed by atoms with E-state index in [1.165, 1.54) is 11.6 Å². The fourth-order valence-electron chi connectivity index (χ4n) is 3.37. The molecule has 0 atom stereocenters. The first-order valence-corrected chi connectivity index (χ1v) is 9.83. The Bertz CT molecular complexity index is 1030. The molecule has 0 unspecified atom stereocenters. The second kappa shape index (κ2) is 8.87. The van der Waals surface area contributed by atoms with Gasteiger partial charge in [0.1, 0.15) is 17.2 Å². The van der Waals surface area contributed by atoms with Gasteiger partial charge in [-0.1, -0.05) is 12.1 Å². The van der Waals surface area contributed by atoms with Crippen molar-refractivity contribution in [3.05, 3.63) is 72.3 Å². The van der Waals surface area contributed by atoms with Gasteiger partial charge in [0.05, 0.1) is 6.20 Å². The zero-order chi connectivity index (χ0) is 20.9. The molecule has 1 aliphatic heterocycles. The monoisotopic (exact) mass is 405 g/mol. The lowest BCUT2D eigenvalue weighted by Gasteiger charge is -2.34. The molecule has 1 fully saturated rings. The summed E-state index contributed by atoms with van der Waals surface area (Å²) in [6.45, 7) is 4.97. The van der Waals surface area contributed by atoms with E-state index in [0.29, 0.717) is 24.5 Å². The number of hydrogen-bond donors (Lipinski definition) is 0. The predicted molar refractivity (Wildman–Crippen MR) is 111 cm³/mol. The zero-order valence-electron chi connectivity index (χ0n) is 16.8. The quantitative estimate of drug-likeness (QED) is 0.607. The van der Waals surface area contributed by atoms with Crippen LogP contribution in [0.15, 0.2) is 61.1 Å². The molecule has 4 rings (SSSR count). The van der Waals surface area contributed by atoms with Crippen molar-refractivity contribution < 1.29 is 14.3 Å². The van der Waals surface area contributed by atoms with Gasteiger partial charge in [-0.25, -0.2) is 4.79 Å². The first kappa shape index (κ1) is 19.8. The SMILES string of the molecule is CC(=O)c1ccn(C(=O)N2CCN(Cc3cccc(Oc4cccnc4)c3)CC2)n1. The molecule has 8 heteroatoms. The van der Waals surface area contributed by atoms with Crippen LogP contribution in [0.1, 0.15) is 23.0 Å². The molecular weight excluding hydrogens is 382 g/mol. The minimum atomic E-state index is -0.200. The lowest BCUT2D eigenvalue weighted by Crippen LogP contribution is -2.49. The van der Waals surface area contributed by atoms with Crippen LogP contribution >= 0.6 is 0 Å². The highest BCUT2D eigenvalue weighted by Gasteiger charge is 2.23. The minimum absolute atomic E-state index is 0.152. The molecule has 3 aromatic rings. The van der Waals surface area contributed by atoms with Gasteiger partial charge < -0.3 is 9.64 Å². The molecule has 0 radical (unpaired) electrons. The molecule has 0 saturated carbocycles. The Kier molecular flexibility index (Phi) is 5.85. The third kappa shape index (κ3) is 4.72. The van der Waals surface area contributed by atoms with Gasteiger partial charge in [-0.05, 0) is 35.9 Å². The van der Waals surface area contributed by atoms with Crippen LogP contribution in [0.2, 0.25) is 0 Å². The van der Waals surface area contributed by atoms with Gasteiger partial charge in [0.2, 0.25) is 0 Å². The standard InChI is InChI=1S/C22H23N5O3/c1-17(28)21-7-9-27(24-21)22(29)26-12-10-25(11-13-26)16-18-4-2-5-19(14-18)30-20-6-3-8-23-15-20/h2-9,14-15H,10-13,16H2,1H3. The smallest absolute Gasteiger partial charge is 0.344 e. The number of aromatic nitrogens is 3. The van der Waals surface area contributed by atoms with E-state index < -0.39 is 0 Å². The Morgan fingerprint density at radius 3 is 2.53 bits per heavy atom. The second-order valence-corrected chi connectivity index (χ2v) is 7.19. The van der Waals surface area contributed by atoms with Gasteiger partial charge in [-0.3, -0.25) is 14.7 Å². The molecule has 30 heavy (non-hydrogen) atoms. The normalized spacial score (nSPS) is 14.5. The number of hydrogen-bond acceptors (Lipinski definition) is 6. The molecule has 1 aromatic carbocycles. The zero-order valence-corrected chi connectivity index (χ0v) is 16.8. The molecule has 1 aliphatic rings. The van der Waals surface area contributed by atoms with Crippen LogP contribution < -0.4 is 4.74 Å². The van der Waals surface area contributed by atoms with Crippen LogP contribution in [0.25, 0.3) is 0 Å². The van der Waals surface area contributed by atoms with E-state index in [2.05, 4.69) is 21.0 Å². The molecule has 1 amide bonds.